The highest BCUT2D eigenvalue weighted by Gasteiger charge is 2.09. The number of ether oxygens (including phenoxy) is 5. The molecule has 1 amide bonds. The normalized spacial score (nSPS) is 10.2. The molecule has 0 N–H and O–H groups in total. The van der Waals surface area contributed by atoms with Crippen LogP contribution in [0.3, 0.4) is 0 Å². The maximum Gasteiger partial charge on any atom is 0.315 e. The van der Waals surface area contributed by atoms with E-state index in [0.29, 0.717) is 58.5 Å². The Hall–Kier alpha value is -0.870. The molecule has 0 aliphatic rings. The van der Waals surface area contributed by atoms with Gasteiger partial charge in [0.15, 0.2) is 0 Å². The van der Waals surface area contributed by atoms with Crippen LogP contribution in [0.5, 0.6) is 0 Å². The predicted octanol–water partition coefficient (Wildman–Crippen LogP) is 2.24. The summed E-state index contributed by atoms with van der Waals surface area (Å²) in [5, 5.41) is 0. The van der Waals surface area contributed by atoms with Crippen LogP contribution in [0.25, 0.3) is 0 Å². The van der Waals surface area contributed by atoms with Gasteiger partial charge in [-0.1, -0.05) is 20.8 Å². The van der Waals surface area contributed by atoms with Crippen molar-refractivity contribution in [2.45, 2.75) is 33.6 Å². The average molecular weight is 440 g/mol. The lowest BCUT2D eigenvalue weighted by Crippen LogP contribution is -2.31. The van der Waals surface area contributed by atoms with Gasteiger partial charge >= 0.3 is 5.97 Å². The summed E-state index contributed by atoms with van der Waals surface area (Å²) in [7, 11) is 1.68. The van der Waals surface area contributed by atoms with Gasteiger partial charge in [-0.15, -0.1) is 0 Å². The number of esters is 1. The van der Waals surface area contributed by atoms with Crippen molar-refractivity contribution < 1.29 is 33.3 Å². The highest BCUT2D eigenvalue weighted by molar-refractivity contribution is 7.99. The van der Waals surface area contributed by atoms with Gasteiger partial charge in [-0.3, -0.25) is 9.59 Å². The number of hydrogen-bond acceptors (Lipinski definition) is 8. The highest BCUT2D eigenvalue weighted by Crippen LogP contribution is 1.96. The molecule has 0 rings (SSSR count). The minimum atomic E-state index is -0.262. The smallest absolute Gasteiger partial charge is 0.315 e. The van der Waals surface area contributed by atoms with E-state index < -0.39 is 0 Å². The van der Waals surface area contributed by atoms with Crippen LogP contribution in [-0.2, 0) is 33.3 Å². The maximum atomic E-state index is 11.9. The molecule has 8 nitrogen and oxygen atoms in total. The van der Waals surface area contributed by atoms with Gasteiger partial charge in [-0.2, -0.15) is 11.8 Å². The van der Waals surface area contributed by atoms with Gasteiger partial charge in [0.25, 0.3) is 0 Å². The first kappa shape index (κ1) is 30.3. The van der Waals surface area contributed by atoms with E-state index in [1.807, 2.05) is 20.1 Å². The molecular weight excluding hydrogens is 398 g/mol. The average Bonchev–Trinajstić information content (AvgIpc) is 2.72. The Bertz CT molecular complexity index is 373. The van der Waals surface area contributed by atoms with E-state index >= 15 is 0 Å². The number of carbonyl (C=O) groups excluding carboxylic acids is 2. The zero-order chi connectivity index (χ0) is 22.2. The van der Waals surface area contributed by atoms with Crippen LogP contribution in [0.2, 0.25) is 0 Å². The predicted molar refractivity (Wildman–Crippen MR) is 117 cm³/mol. The van der Waals surface area contributed by atoms with Crippen molar-refractivity contribution in [3.8, 4) is 0 Å². The Morgan fingerprint density at radius 3 is 1.76 bits per heavy atom. The topological polar surface area (TPSA) is 83.5 Å². The number of amides is 1. The van der Waals surface area contributed by atoms with Crippen LogP contribution in [0.4, 0.5) is 0 Å². The van der Waals surface area contributed by atoms with E-state index in [1.54, 1.807) is 7.05 Å². The second-order valence-electron chi connectivity index (χ2n) is 5.67. The quantitative estimate of drug-likeness (QED) is 0.224. The summed E-state index contributed by atoms with van der Waals surface area (Å²) in [6.45, 7) is 10.9. The minimum Gasteiger partial charge on any atom is -0.463 e. The Morgan fingerprint density at radius 2 is 1.28 bits per heavy atom. The van der Waals surface area contributed by atoms with Crippen LogP contribution < -0.4 is 0 Å². The zero-order valence-electron chi connectivity index (χ0n) is 18.9. The molecule has 0 saturated heterocycles. The Balaban J connectivity index is 0. The SMILES string of the molecule is CC.CCCOCCOCCOCCOCCC(=O)N(C)CCOC(=O)CSC. The number of likely N-dealkylation sites (N-methyl/N-ethyl adjacent to an activating group) is 1. The van der Waals surface area contributed by atoms with Gasteiger partial charge in [0.05, 0.1) is 65.0 Å². The maximum absolute atomic E-state index is 11.9. The van der Waals surface area contributed by atoms with E-state index in [1.165, 1.54) is 16.7 Å². The van der Waals surface area contributed by atoms with E-state index in [-0.39, 0.29) is 24.9 Å². The molecule has 0 aliphatic carbocycles. The van der Waals surface area contributed by atoms with Crippen LogP contribution in [0.1, 0.15) is 33.6 Å². The van der Waals surface area contributed by atoms with E-state index in [0.717, 1.165) is 13.0 Å². The third kappa shape index (κ3) is 23.3. The van der Waals surface area contributed by atoms with E-state index in [9.17, 15) is 9.59 Å². The van der Waals surface area contributed by atoms with E-state index in [2.05, 4.69) is 6.92 Å². The van der Waals surface area contributed by atoms with Gasteiger partial charge in [0.2, 0.25) is 5.91 Å². The fourth-order valence-corrected chi connectivity index (χ4v) is 2.16. The van der Waals surface area contributed by atoms with Gasteiger partial charge in [0.1, 0.15) is 6.61 Å². The molecule has 9 heteroatoms. The third-order valence-corrected chi connectivity index (χ3v) is 3.83. The van der Waals surface area contributed by atoms with Crippen molar-refractivity contribution in [3.05, 3.63) is 0 Å². The summed E-state index contributed by atoms with van der Waals surface area (Å²) in [5.41, 5.74) is 0. The zero-order valence-corrected chi connectivity index (χ0v) is 19.7. The molecule has 174 valence electrons. The molecule has 0 bridgehead atoms. The van der Waals surface area contributed by atoms with Crippen LogP contribution in [0.15, 0.2) is 0 Å². The second-order valence-corrected chi connectivity index (χ2v) is 6.53. The molecule has 0 unspecified atom stereocenters. The van der Waals surface area contributed by atoms with Gasteiger partial charge in [-0.25, -0.2) is 0 Å². The van der Waals surface area contributed by atoms with Crippen molar-refractivity contribution in [3.63, 3.8) is 0 Å². The molecule has 0 saturated carbocycles. The molecular formula is C20H41NO7S. The van der Waals surface area contributed by atoms with Crippen LogP contribution in [-0.4, -0.2) is 102 Å². The van der Waals surface area contributed by atoms with Crippen molar-refractivity contribution in [2.24, 2.45) is 0 Å². The molecule has 0 aromatic heterocycles. The van der Waals surface area contributed by atoms with Crippen molar-refractivity contribution in [2.75, 3.05) is 85.1 Å². The number of hydrogen-bond donors (Lipinski definition) is 0. The van der Waals surface area contributed by atoms with Crippen molar-refractivity contribution >= 4 is 23.6 Å². The van der Waals surface area contributed by atoms with Crippen molar-refractivity contribution in [1.29, 1.82) is 0 Å². The van der Waals surface area contributed by atoms with Crippen LogP contribution >= 0.6 is 11.8 Å². The van der Waals surface area contributed by atoms with Crippen LogP contribution in [0, 0.1) is 0 Å². The molecule has 0 atom stereocenters. The first-order valence-electron chi connectivity index (χ1n) is 10.3. The standard InChI is InChI=1S/C18H35NO7S.C2H6/c1-4-7-22-10-12-24-14-15-25-13-11-23-8-5-17(20)19(2)6-9-26-18(21)16-27-3;1-2/h4-16H2,1-3H3;1-2H3. The Morgan fingerprint density at radius 1 is 0.793 bits per heavy atom. The van der Waals surface area contributed by atoms with Gasteiger partial charge < -0.3 is 28.6 Å². The summed E-state index contributed by atoms with van der Waals surface area (Å²) in [4.78, 5) is 24.6. The Kier molecular flexibility index (Phi) is 26.3. The minimum absolute atomic E-state index is 0.0458. The molecule has 0 fully saturated rings. The van der Waals surface area contributed by atoms with Gasteiger partial charge in [-0.05, 0) is 12.7 Å². The monoisotopic (exact) mass is 439 g/mol. The molecule has 0 spiro atoms. The molecule has 0 aromatic carbocycles. The lowest BCUT2D eigenvalue weighted by Gasteiger charge is -2.17. The number of carbonyl (C=O) groups is 2. The number of thioether (sulfide) groups is 1. The lowest BCUT2D eigenvalue weighted by molar-refractivity contribution is -0.142. The summed E-state index contributed by atoms with van der Waals surface area (Å²) in [6.07, 6.45) is 3.13. The number of nitrogens with zero attached hydrogens (tertiary/aromatic N) is 1. The first-order valence-corrected chi connectivity index (χ1v) is 11.7. The molecule has 0 aliphatic heterocycles. The summed E-state index contributed by atoms with van der Waals surface area (Å²) >= 11 is 1.41. The Labute approximate surface area is 180 Å². The largest absolute Gasteiger partial charge is 0.463 e. The fourth-order valence-electron chi connectivity index (χ4n) is 1.84. The summed E-state index contributed by atoms with van der Waals surface area (Å²) in [5.74, 6) is 0.0185. The summed E-state index contributed by atoms with van der Waals surface area (Å²) in [6, 6.07) is 0. The third-order valence-electron chi connectivity index (χ3n) is 3.30. The molecule has 0 aromatic rings. The van der Waals surface area contributed by atoms with E-state index in [4.69, 9.17) is 23.7 Å². The van der Waals surface area contributed by atoms with Crippen molar-refractivity contribution in [1.82, 2.24) is 4.90 Å². The fraction of sp³-hybridized carbons (Fsp3) is 0.900. The summed E-state index contributed by atoms with van der Waals surface area (Å²) < 4.78 is 26.4. The highest BCUT2D eigenvalue weighted by atomic mass is 32.2. The lowest BCUT2D eigenvalue weighted by atomic mass is 10.4. The van der Waals surface area contributed by atoms with Gasteiger partial charge in [0, 0.05) is 13.7 Å². The molecule has 0 heterocycles. The molecule has 29 heavy (non-hydrogen) atoms. The molecule has 0 radical (unpaired) electrons. The first-order chi connectivity index (χ1) is 14.1. The number of rotatable bonds is 19. The second kappa shape index (κ2) is 25.2.